The fourth-order valence-corrected chi connectivity index (χ4v) is 5.47. The van der Waals surface area contributed by atoms with Crippen LogP contribution in [0.4, 0.5) is 5.69 Å². The maximum Gasteiger partial charge on any atom is 0.338 e. The number of nitrogens with zero attached hydrogens (tertiary/aromatic N) is 1. The van der Waals surface area contributed by atoms with Gasteiger partial charge in [-0.25, -0.2) is 4.79 Å². The first-order valence-electron chi connectivity index (χ1n) is 10.4. The van der Waals surface area contributed by atoms with Crippen molar-refractivity contribution < 1.29 is 23.9 Å². The number of fused-ring (bicyclic) bond motifs is 5. The van der Waals surface area contributed by atoms with Gasteiger partial charge < -0.3 is 4.74 Å². The van der Waals surface area contributed by atoms with E-state index in [2.05, 4.69) is 0 Å². The summed E-state index contributed by atoms with van der Waals surface area (Å²) in [6, 6.07) is 12.5. The molecule has 2 aromatic carbocycles. The zero-order valence-corrected chi connectivity index (χ0v) is 17.4. The standard InChI is InChI=1S/C24H20ClNO5/c25-17-7-3-13(4-8-17)19(27)12-31-24(30)14-5-9-18(10-6-14)26-22(28)20-15-1-2-16(11-15)21(20)23(26)29/h3-10,15-16,20-21H,1-2,11-12H2/t15-,16-,20-,21+/m0/s1. The van der Waals surface area contributed by atoms with Crippen LogP contribution in [0.3, 0.4) is 0 Å². The SMILES string of the molecule is O=C(COC(=O)c1ccc(N2C(=O)[C@@H]3[C@H]4CC[C@@H](C4)[C@@H]3C2=O)cc1)c1ccc(Cl)cc1. The first-order chi connectivity index (χ1) is 14.9. The average molecular weight is 438 g/mol. The molecule has 2 amide bonds. The third-order valence-corrected chi connectivity index (χ3v) is 7.04. The zero-order chi connectivity index (χ0) is 21.7. The average Bonchev–Trinajstić information content (AvgIpc) is 3.46. The second kappa shape index (κ2) is 7.61. The molecule has 6 nitrogen and oxygen atoms in total. The van der Waals surface area contributed by atoms with Gasteiger partial charge in [0.05, 0.1) is 23.1 Å². The monoisotopic (exact) mass is 437 g/mol. The molecule has 0 N–H and O–H groups in total. The summed E-state index contributed by atoms with van der Waals surface area (Å²) in [4.78, 5) is 51.5. The smallest absolute Gasteiger partial charge is 0.338 e. The highest BCUT2D eigenvalue weighted by Gasteiger charge is 2.61. The summed E-state index contributed by atoms with van der Waals surface area (Å²) >= 11 is 5.80. The van der Waals surface area contributed by atoms with Crippen molar-refractivity contribution in [1.29, 1.82) is 0 Å². The lowest BCUT2D eigenvalue weighted by atomic mass is 9.81. The Bertz CT molecular complexity index is 1050. The Morgan fingerprint density at radius 2 is 1.42 bits per heavy atom. The number of esters is 1. The summed E-state index contributed by atoms with van der Waals surface area (Å²) in [6.45, 7) is -0.391. The van der Waals surface area contributed by atoms with Gasteiger partial charge in [0, 0.05) is 10.6 Å². The molecule has 1 saturated heterocycles. The number of carbonyl (C=O) groups is 4. The molecule has 0 unspecified atom stereocenters. The molecule has 2 saturated carbocycles. The molecule has 7 heteroatoms. The molecule has 1 heterocycles. The summed E-state index contributed by atoms with van der Waals surface area (Å²) < 4.78 is 5.11. The third kappa shape index (κ3) is 3.35. The minimum atomic E-state index is -0.650. The summed E-state index contributed by atoms with van der Waals surface area (Å²) in [6.07, 6.45) is 3.04. The third-order valence-electron chi connectivity index (χ3n) is 6.79. The summed E-state index contributed by atoms with van der Waals surface area (Å²) in [5.74, 6) is -0.951. The lowest BCUT2D eigenvalue weighted by Gasteiger charge is -2.19. The number of hydrogen-bond acceptors (Lipinski definition) is 5. The van der Waals surface area contributed by atoms with Gasteiger partial charge in [0.2, 0.25) is 11.8 Å². The van der Waals surface area contributed by atoms with Crippen LogP contribution in [-0.4, -0.2) is 30.2 Å². The van der Waals surface area contributed by atoms with Crippen LogP contribution >= 0.6 is 11.6 Å². The van der Waals surface area contributed by atoms with Gasteiger partial charge in [-0.1, -0.05) is 11.6 Å². The molecule has 5 rings (SSSR count). The van der Waals surface area contributed by atoms with E-state index in [9.17, 15) is 19.2 Å². The van der Waals surface area contributed by atoms with E-state index in [1.807, 2.05) is 0 Å². The number of halogens is 1. The molecular weight excluding hydrogens is 418 g/mol. The van der Waals surface area contributed by atoms with Gasteiger partial charge in [-0.05, 0) is 79.6 Å². The maximum atomic E-state index is 12.9. The molecule has 2 bridgehead atoms. The minimum Gasteiger partial charge on any atom is -0.454 e. The Kier molecular flexibility index (Phi) is 4.89. The van der Waals surface area contributed by atoms with E-state index in [1.54, 1.807) is 36.4 Å². The predicted molar refractivity (Wildman–Crippen MR) is 113 cm³/mol. The number of anilines is 1. The number of hydrogen-bond donors (Lipinski definition) is 0. The number of carbonyl (C=O) groups excluding carboxylic acids is 4. The fourth-order valence-electron chi connectivity index (χ4n) is 5.34. The predicted octanol–water partition coefficient (Wildman–Crippen LogP) is 3.92. The first kappa shape index (κ1) is 19.9. The van der Waals surface area contributed by atoms with Gasteiger partial charge in [0.1, 0.15) is 0 Å². The number of benzene rings is 2. The van der Waals surface area contributed by atoms with Gasteiger partial charge >= 0.3 is 5.97 Å². The highest BCUT2D eigenvalue weighted by molar-refractivity contribution is 6.30. The number of amides is 2. The van der Waals surface area contributed by atoms with Crippen molar-refractivity contribution in [2.24, 2.45) is 23.7 Å². The molecule has 3 fully saturated rings. The Hall–Kier alpha value is -2.99. The molecule has 2 aromatic rings. The van der Waals surface area contributed by atoms with E-state index >= 15 is 0 Å². The Morgan fingerprint density at radius 1 is 0.871 bits per heavy atom. The van der Waals surface area contributed by atoms with Crippen LogP contribution in [0.2, 0.25) is 5.02 Å². The topological polar surface area (TPSA) is 80.8 Å². The Labute approximate surface area is 184 Å². The minimum absolute atomic E-state index is 0.119. The van der Waals surface area contributed by atoms with Crippen LogP contribution in [0.5, 0.6) is 0 Å². The molecule has 0 spiro atoms. The van der Waals surface area contributed by atoms with E-state index in [-0.39, 0.29) is 35.0 Å². The molecule has 3 aliphatic rings. The Balaban J connectivity index is 1.24. The highest BCUT2D eigenvalue weighted by atomic mass is 35.5. The molecule has 0 aromatic heterocycles. The molecule has 31 heavy (non-hydrogen) atoms. The first-order valence-corrected chi connectivity index (χ1v) is 10.8. The molecule has 158 valence electrons. The van der Waals surface area contributed by atoms with Crippen molar-refractivity contribution in [3.8, 4) is 0 Å². The lowest BCUT2D eigenvalue weighted by Crippen LogP contribution is -2.32. The second-order valence-electron chi connectivity index (χ2n) is 8.45. The van der Waals surface area contributed by atoms with Crippen LogP contribution in [0.1, 0.15) is 40.0 Å². The van der Waals surface area contributed by atoms with E-state index < -0.39 is 12.6 Å². The van der Waals surface area contributed by atoms with Crippen molar-refractivity contribution >= 4 is 40.9 Å². The van der Waals surface area contributed by atoms with E-state index in [0.717, 1.165) is 19.3 Å². The number of Topliss-reactive ketones (excluding diaryl/α,β-unsaturated/α-hetero) is 1. The largest absolute Gasteiger partial charge is 0.454 e. The highest BCUT2D eigenvalue weighted by Crippen LogP contribution is 2.56. The molecule has 4 atom stereocenters. The van der Waals surface area contributed by atoms with Crippen LogP contribution in [0.25, 0.3) is 0 Å². The van der Waals surface area contributed by atoms with Crippen LogP contribution in [0, 0.1) is 23.7 Å². The zero-order valence-electron chi connectivity index (χ0n) is 16.6. The van der Waals surface area contributed by atoms with E-state index in [0.29, 0.717) is 28.1 Å². The van der Waals surface area contributed by atoms with Gasteiger partial charge in [-0.2, -0.15) is 0 Å². The van der Waals surface area contributed by atoms with Crippen LogP contribution in [-0.2, 0) is 14.3 Å². The summed E-state index contributed by atoms with van der Waals surface area (Å²) in [5.41, 5.74) is 1.11. The molecule has 0 radical (unpaired) electrons. The van der Waals surface area contributed by atoms with Gasteiger partial charge in [0.15, 0.2) is 12.4 Å². The number of rotatable bonds is 5. The second-order valence-corrected chi connectivity index (χ2v) is 8.89. The number of imide groups is 1. The summed E-state index contributed by atoms with van der Waals surface area (Å²) in [7, 11) is 0. The van der Waals surface area contributed by atoms with Crippen molar-refractivity contribution in [3.05, 3.63) is 64.7 Å². The van der Waals surface area contributed by atoms with E-state index in [4.69, 9.17) is 16.3 Å². The van der Waals surface area contributed by atoms with Crippen molar-refractivity contribution in [1.82, 2.24) is 0 Å². The summed E-state index contributed by atoms with van der Waals surface area (Å²) in [5, 5.41) is 0.514. The van der Waals surface area contributed by atoms with Gasteiger partial charge in [-0.3, -0.25) is 19.3 Å². The quantitative estimate of drug-likeness (QED) is 0.402. The fraction of sp³-hybridized carbons (Fsp3) is 0.333. The number of ketones is 1. The van der Waals surface area contributed by atoms with Crippen molar-refractivity contribution in [2.75, 3.05) is 11.5 Å². The van der Waals surface area contributed by atoms with Crippen LogP contribution in [0.15, 0.2) is 48.5 Å². The van der Waals surface area contributed by atoms with E-state index in [1.165, 1.54) is 17.0 Å². The van der Waals surface area contributed by atoms with Crippen molar-refractivity contribution in [3.63, 3.8) is 0 Å². The molecule has 1 aliphatic heterocycles. The Morgan fingerprint density at radius 3 is 2.00 bits per heavy atom. The normalized spacial score (nSPS) is 26.3. The number of ether oxygens (including phenoxy) is 1. The lowest BCUT2D eigenvalue weighted by molar-refractivity contribution is -0.123. The van der Waals surface area contributed by atoms with Gasteiger partial charge in [-0.15, -0.1) is 0 Å². The van der Waals surface area contributed by atoms with Crippen LogP contribution < -0.4 is 4.90 Å². The van der Waals surface area contributed by atoms with Crippen molar-refractivity contribution in [2.45, 2.75) is 19.3 Å². The molecule has 2 aliphatic carbocycles. The molecular formula is C24H20ClNO5. The maximum absolute atomic E-state index is 12.9. The van der Waals surface area contributed by atoms with Gasteiger partial charge in [0.25, 0.3) is 0 Å².